The molecule has 0 saturated heterocycles. The van der Waals surface area contributed by atoms with Gasteiger partial charge in [0, 0.05) is 17.8 Å². The highest BCUT2D eigenvalue weighted by molar-refractivity contribution is 5.73. The van der Waals surface area contributed by atoms with Crippen LogP contribution in [0.25, 0.3) is 0 Å². The Bertz CT molecular complexity index is 296. The maximum atomic E-state index is 10.3. The molecule has 0 bridgehead atoms. The standard InChI is InChI=1S/C8H9NO4/c1-13-6-3-2-5(4-9-6)7(10)8(11)12/h2-4,7,10H,1H3,(H,11,12)/t7-/m1/s1. The smallest absolute Gasteiger partial charge is 0.337 e. The van der Waals surface area contributed by atoms with E-state index >= 15 is 0 Å². The lowest BCUT2D eigenvalue weighted by Crippen LogP contribution is -2.10. The Morgan fingerprint density at radius 1 is 1.62 bits per heavy atom. The molecule has 0 aliphatic carbocycles. The third kappa shape index (κ3) is 2.16. The Morgan fingerprint density at radius 3 is 2.69 bits per heavy atom. The monoisotopic (exact) mass is 183 g/mol. The zero-order valence-electron chi connectivity index (χ0n) is 6.97. The van der Waals surface area contributed by atoms with Crippen molar-refractivity contribution in [2.24, 2.45) is 0 Å². The molecule has 0 amide bonds. The maximum Gasteiger partial charge on any atom is 0.337 e. The molecule has 70 valence electrons. The van der Waals surface area contributed by atoms with Crippen LogP contribution in [-0.4, -0.2) is 28.3 Å². The molecular weight excluding hydrogens is 174 g/mol. The Kier molecular flexibility index (Phi) is 2.81. The largest absolute Gasteiger partial charge is 0.481 e. The normalized spacial score (nSPS) is 12.2. The summed E-state index contributed by atoms with van der Waals surface area (Å²) in [4.78, 5) is 14.1. The fourth-order valence-corrected chi connectivity index (χ4v) is 0.817. The molecule has 1 aromatic rings. The van der Waals surface area contributed by atoms with E-state index in [9.17, 15) is 4.79 Å². The first-order valence-corrected chi connectivity index (χ1v) is 3.56. The van der Waals surface area contributed by atoms with E-state index in [0.29, 0.717) is 5.88 Å². The number of aliphatic hydroxyl groups is 1. The van der Waals surface area contributed by atoms with Gasteiger partial charge in [-0.25, -0.2) is 9.78 Å². The van der Waals surface area contributed by atoms with Gasteiger partial charge in [-0.15, -0.1) is 0 Å². The number of aliphatic hydroxyl groups excluding tert-OH is 1. The van der Waals surface area contributed by atoms with Crippen molar-refractivity contribution in [2.75, 3.05) is 7.11 Å². The fraction of sp³-hybridized carbons (Fsp3) is 0.250. The van der Waals surface area contributed by atoms with Gasteiger partial charge in [0.25, 0.3) is 0 Å². The number of hydrogen-bond donors (Lipinski definition) is 2. The summed E-state index contributed by atoms with van der Waals surface area (Å²) in [5, 5.41) is 17.5. The van der Waals surface area contributed by atoms with E-state index in [0.717, 1.165) is 0 Å². The van der Waals surface area contributed by atoms with Crippen LogP contribution in [0, 0.1) is 0 Å². The minimum atomic E-state index is -1.53. The van der Waals surface area contributed by atoms with E-state index in [-0.39, 0.29) is 5.56 Å². The lowest BCUT2D eigenvalue weighted by atomic mass is 10.2. The van der Waals surface area contributed by atoms with Crippen LogP contribution in [0.15, 0.2) is 18.3 Å². The summed E-state index contributed by atoms with van der Waals surface area (Å²) in [6, 6.07) is 2.94. The van der Waals surface area contributed by atoms with Crippen LogP contribution in [0.2, 0.25) is 0 Å². The van der Waals surface area contributed by atoms with Crippen molar-refractivity contribution in [1.82, 2.24) is 4.98 Å². The van der Waals surface area contributed by atoms with E-state index in [4.69, 9.17) is 14.9 Å². The van der Waals surface area contributed by atoms with Crippen LogP contribution < -0.4 is 4.74 Å². The van der Waals surface area contributed by atoms with Gasteiger partial charge >= 0.3 is 5.97 Å². The highest BCUT2D eigenvalue weighted by Crippen LogP contribution is 2.14. The van der Waals surface area contributed by atoms with Gasteiger partial charge in [-0.05, 0) is 6.07 Å². The van der Waals surface area contributed by atoms with E-state index in [1.165, 1.54) is 25.4 Å². The molecule has 0 fully saturated rings. The van der Waals surface area contributed by atoms with Crippen LogP contribution in [0.3, 0.4) is 0 Å². The molecule has 13 heavy (non-hydrogen) atoms. The van der Waals surface area contributed by atoms with Crippen molar-refractivity contribution in [3.05, 3.63) is 23.9 Å². The second-order valence-electron chi connectivity index (χ2n) is 2.37. The number of nitrogens with zero attached hydrogens (tertiary/aromatic N) is 1. The van der Waals surface area contributed by atoms with Crippen molar-refractivity contribution in [1.29, 1.82) is 0 Å². The van der Waals surface area contributed by atoms with Crippen molar-refractivity contribution < 1.29 is 19.7 Å². The molecule has 0 aliphatic heterocycles. The van der Waals surface area contributed by atoms with Crippen LogP contribution >= 0.6 is 0 Å². The highest BCUT2D eigenvalue weighted by Gasteiger charge is 2.15. The van der Waals surface area contributed by atoms with Gasteiger partial charge in [-0.1, -0.05) is 0 Å². The number of pyridine rings is 1. The number of carboxylic acid groups (broad SMARTS) is 1. The minimum Gasteiger partial charge on any atom is -0.481 e. The van der Waals surface area contributed by atoms with Gasteiger partial charge in [0.2, 0.25) is 5.88 Å². The molecule has 0 radical (unpaired) electrons. The van der Waals surface area contributed by atoms with Gasteiger partial charge in [0.05, 0.1) is 7.11 Å². The minimum absolute atomic E-state index is 0.230. The maximum absolute atomic E-state index is 10.3. The SMILES string of the molecule is COc1ccc([C@@H](O)C(=O)O)cn1. The number of ether oxygens (including phenoxy) is 1. The second kappa shape index (κ2) is 3.86. The first kappa shape index (κ1) is 9.47. The highest BCUT2D eigenvalue weighted by atomic mass is 16.5. The molecular formula is C8H9NO4. The third-order valence-corrected chi connectivity index (χ3v) is 1.52. The lowest BCUT2D eigenvalue weighted by Gasteiger charge is -2.05. The number of carbonyl (C=O) groups is 1. The number of carboxylic acids is 1. The molecule has 5 heteroatoms. The molecule has 0 aromatic carbocycles. The summed E-state index contributed by atoms with van der Waals surface area (Å²) in [6.45, 7) is 0. The Morgan fingerprint density at radius 2 is 2.31 bits per heavy atom. The first-order valence-electron chi connectivity index (χ1n) is 3.56. The third-order valence-electron chi connectivity index (χ3n) is 1.52. The first-order chi connectivity index (χ1) is 6.15. The second-order valence-corrected chi connectivity index (χ2v) is 2.37. The van der Waals surface area contributed by atoms with Gasteiger partial charge in [-0.3, -0.25) is 0 Å². The molecule has 0 aliphatic rings. The number of aromatic nitrogens is 1. The number of aliphatic carboxylic acids is 1. The van der Waals surface area contributed by atoms with E-state index in [2.05, 4.69) is 4.98 Å². The van der Waals surface area contributed by atoms with Crippen molar-refractivity contribution in [3.63, 3.8) is 0 Å². The van der Waals surface area contributed by atoms with Gasteiger partial charge < -0.3 is 14.9 Å². The van der Waals surface area contributed by atoms with Gasteiger partial charge in [0.1, 0.15) is 0 Å². The number of rotatable bonds is 3. The topological polar surface area (TPSA) is 79.7 Å². The zero-order valence-corrected chi connectivity index (χ0v) is 6.97. The molecule has 5 nitrogen and oxygen atoms in total. The Balaban J connectivity index is 2.85. The molecule has 1 aromatic heterocycles. The van der Waals surface area contributed by atoms with Crippen LogP contribution in [-0.2, 0) is 4.79 Å². The lowest BCUT2D eigenvalue weighted by molar-refractivity contribution is -0.146. The average molecular weight is 183 g/mol. The summed E-state index contributed by atoms with van der Waals surface area (Å²) >= 11 is 0. The average Bonchev–Trinajstić information content (AvgIpc) is 2.17. The number of methoxy groups -OCH3 is 1. The van der Waals surface area contributed by atoms with Gasteiger partial charge in [-0.2, -0.15) is 0 Å². The molecule has 1 rings (SSSR count). The van der Waals surface area contributed by atoms with E-state index in [1.54, 1.807) is 0 Å². The van der Waals surface area contributed by atoms with E-state index in [1.807, 2.05) is 0 Å². The summed E-state index contributed by atoms with van der Waals surface area (Å²) in [5.74, 6) is -0.923. The van der Waals surface area contributed by atoms with Crippen molar-refractivity contribution in [2.45, 2.75) is 6.10 Å². The summed E-state index contributed by atoms with van der Waals surface area (Å²) in [5.41, 5.74) is 0.230. The summed E-state index contributed by atoms with van der Waals surface area (Å²) in [7, 11) is 1.45. The molecule has 0 saturated carbocycles. The predicted octanol–water partition coefficient (Wildman–Crippen LogP) is 0.208. The predicted molar refractivity (Wildman–Crippen MR) is 43.4 cm³/mol. The van der Waals surface area contributed by atoms with E-state index < -0.39 is 12.1 Å². The van der Waals surface area contributed by atoms with Crippen LogP contribution in [0.5, 0.6) is 5.88 Å². The quantitative estimate of drug-likeness (QED) is 0.700. The van der Waals surface area contributed by atoms with Crippen LogP contribution in [0.4, 0.5) is 0 Å². The van der Waals surface area contributed by atoms with Crippen LogP contribution in [0.1, 0.15) is 11.7 Å². The Hall–Kier alpha value is -1.62. The molecule has 1 heterocycles. The molecule has 2 N–H and O–H groups in total. The molecule has 1 atom stereocenters. The summed E-state index contributed by atoms with van der Waals surface area (Å²) in [6.07, 6.45) is -0.268. The Labute approximate surface area is 74.6 Å². The number of hydrogen-bond acceptors (Lipinski definition) is 4. The summed E-state index contributed by atoms with van der Waals surface area (Å²) < 4.78 is 4.77. The fourth-order valence-electron chi connectivity index (χ4n) is 0.817. The zero-order chi connectivity index (χ0) is 9.84. The van der Waals surface area contributed by atoms with Gasteiger partial charge in [0.15, 0.2) is 6.10 Å². The van der Waals surface area contributed by atoms with Crippen molar-refractivity contribution in [3.8, 4) is 5.88 Å². The van der Waals surface area contributed by atoms with Crippen molar-refractivity contribution >= 4 is 5.97 Å². The molecule has 0 unspecified atom stereocenters. The molecule has 0 spiro atoms.